The number of hydrogen-bond donors (Lipinski definition) is 1. The van der Waals surface area contributed by atoms with E-state index in [2.05, 4.69) is 0 Å². The predicted octanol–water partition coefficient (Wildman–Crippen LogP) is -0.419. The molecule has 0 aromatic rings. The van der Waals surface area contributed by atoms with E-state index < -0.39 is 6.04 Å². The number of nitrogens with zero attached hydrogens (tertiary/aromatic N) is 1. The first-order valence-electron chi connectivity index (χ1n) is 4.21. The Morgan fingerprint density at radius 3 is 2.75 bits per heavy atom. The first-order chi connectivity index (χ1) is 5.63. The molecule has 12 heavy (non-hydrogen) atoms. The van der Waals surface area contributed by atoms with Gasteiger partial charge in [-0.1, -0.05) is 0 Å². The van der Waals surface area contributed by atoms with Crippen molar-refractivity contribution in [2.75, 3.05) is 20.7 Å². The van der Waals surface area contributed by atoms with Gasteiger partial charge in [0.05, 0.1) is 6.10 Å². The van der Waals surface area contributed by atoms with E-state index in [0.29, 0.717) is 0 Å². The highest BCUT2D eigenvalue weighted by atomic mass is 16.5. The molecular formula is C8H16N2O2. The molecule has 0 aromatic carbocycles. The smallest absolute Gasteiger partial charge is 0.241 e. The maximum absolute atomic E-state index is 11.4. The minimum absolute atomic E-state index is 0.0538. The van der Waals surface area contributed by atoms with Crippen molar-refractivity contribution in [1.82, 2.24) is 4.90 Å². The van der Waals surface area contributed by atoms with Crippen LogP contribution in [0.15, 0.2) is 0 Å². The van der Waals surface area contributed by atoms with Crippen LogP contribution in [0.3, 0.4) is 0 Å². The summed E-state index contributed by atoms with van der Waals surface area (Å²) >= 11 is 0. The van der Waals surface area contributed by atoms with Crippen molar-refractivity contribution < 1.29 is 9.53 Å². The Bertz CT molecular complexity index is 164. The lowest BCUT2D eigenvalue weighted by molar-refractivity contribution is -0.132. The molecule has 1 rings (SSSR count). The van der Waals surface area contributed by atoms with Crippen LogP contribution in [0.1, 0.15) is 12.8 Å². The standard InChI is InChI=1S/C8H16N2O2/c1-10(2)8(11)7(9)6-4-3-5-12-6/h6-7H,3-5,9H2,1-2H3. The van der Waals surface area contributed by atoms with Crippen molar-refractivity contribution in [3.05, 3.63) is 0 Å². The van der Waals surface area contributed by atoms with Crippen LogP contribution in [0, 0.1) is 0 Å². The molecule has 0 radical (unpaired) electrons. The van der Waals surface area contributed by atoms with E-state index >= 15 is 0 Å². The molecular weight excluding hydrogens is 156 g/mol. The minimum atomic E-state index is -0.484. The third kappa shape index (κ3) is 1.95. The highest BCUT2D eigenvalue weighted by Gasteiger charge is 2.29. The van der Waals surface area contributed by atoms with Crippen LogP contribution in [-0.4, -0.2) is 43.7 Å². The number of ether oxygens (including phenoxy) is 1. The first-order valence-corrected chi connectivity index (χ1v) is 4.21. The first kappa shape index (κ1) is 9.48. The molecule has 1 amide bonds. The van der Waals surface area contributed by atoms with E-state index in [1.165, 1.54) is 4.90 Å². The average Bonchev–Trinajstić information content (AvgIpc) is 2.53. The molecule has 1 fully saturated rings. The van der Waals surface area contributed by atoms with Crippen LogP contribution in [0.4, 0.5) is 0 Å². The molecule has 4 nitrogen and oxygen atoms in total. The van der Waals surface area contributed by atoms with Crippen LogP contribution in [0.25, 0.3) is 0 Å². The van der Waals surface area contributed by atoms with Gasteiger partial charge >= 0.3 is 0 Å². The number of carbonyl (C=O) groups excluding carboxylic acids is 1. The molecule has 1 heterocycles. The second-order valence-electron chi connectivity index (χ2n) is 3.31. The lowest BCUT2D eigenvalue weighted by Gasteiger charge is -2.21. The normalized spacial score (nSPS) is 25.4. The molecule has 0 aromatic heterocycles. The topological polar surface area (TPSA) is 55.6 Å². The Hall–Kier alpha value is -0.610. The second kappa shape index (κ2) is 3.87. The van der Waals surface area contributed by atoms with Gasteiger partial charge in [-0.25, -0.2) is 0 Å². The molecule has 0 saturated carbocycles. The minimum Gasteiger partial charge on any atom is -0.376 e. The number of rotatable bonds is 2. The summed E-state index contributed by atoms with van der Waals surface area (Å²) in [5.41, 5.74) is 5.71. The van der Waals surface area contributed by atoms with Crippen molar-refractivity contribution in [1.29, 1.82) is 0 Å². The molecule has 1 saturated heterocycles. The zero-order chi connectivity index (χ0) is 9.14. The second-order valence-corrected chi connectivity index (χ2v) is 3.31. The van der Waals surface area contributed by atoms with Crippen LogP contribution in [0.2, 0.25) is 0 Å². The quantitative estimate of drug-likeness (QED) is 0.615. The third-order valence-corrected chi connectivity index (χ3v) is 2.09. The number of amides is 1. The van der Waals surface area contributed by atoms with Gasteiger partial charge in [-0.2, -0.15) is 0 Å². The van der Waals surface area contributed by atoms with Crippen LogP contribution >= 0.6 is 0 Å². The van der Waals surface area contributed by atoms with Gasteiger partial charge in [-0.3, -0.25) is 4.79 Å². The summed E-state index contributed by atoms with van der Waals surface area (Å²) in [6.07, 6.45) is 1.85. The Balaban J connectivity index is 2.45. The Morgan fingerprint density at radius 2 is 2.33 bits per heavy atom. The Morgan fingerprint density at radius 1 is 1.67 bits per heavy atom. The van der Waals surface area contributed by atoms with Crippen molar-refractivity contribution in [3.63, 3.8) is 0 Å². The van der Waals surface area contributed by atoms with Gasteiger partial charge < -0.3 is 15.4 Å². The maximum Gasteiger partial charge on any atom is 0.241 e. The molecule has 0 aliphatic carbocycles. The molecule has 0 spiro atoms. The Labute approximate surface area is 72.7 Å². The van der Waals surface area contributed by atoms with Gasteiger partial charge in [-0.05, 0) is 12.8 Å². The fourth-order valence-corrected chi connectivity index (χ4v) is 1.34. The number of carbonyl (C=O) groups is 1. The largest absolute Gasteiger partial charge is 0.376 e. The van der Waals surface area contributed by atoms with Gasteiger partial charge in [0, 0.05) is 20.7 Å². The van der Waals surface area contributed by atoms with E-state index in [0.717, 1.165) is 19.4 Å². The van der Waals surface area contributed by atoms with Gasteiger partial charge in [0.1, 0.15) is 6.04 Å². The molecule has 1 aliphatic rings. The van der Waals surface area contributed by atoms with E-state index in [-0.39, 0.29) is 12.0 Å². The Kier molecular flexibility index (Phi) is 3.05. The lowest BCUT2D eigenvalue weighted by atomic mass is 10.1. The highest BCUT2D eigenvalue weighted by molar-refractivity contribution is 5.81. The molecule has 2 N–H and O–H groups in total. The molecule has 2 atom stereocenters. The zero-order valence-corrected chi connectivity index (χ0v) is 7.62. The highest BCUT2D eigenvalue weighted by Crippen LogP contribution is 2.15. The summed E-state index contributed by atoms with van der Waals surface area (Å²) < 4.78 is 5.31. The zero-order valence-electron chi connectivity index (χ0n) is 7.62. The summed E-state index contributed by atoms with van der Waals surface area (Å²) in [4.78, 5) is 12.9. The van der Waals surface area contributed by atoms with Gasteiger partial charge in [-0.15, -0.1) is 0 Å². The molecule has 1 aliphatic heterocycles. The fourth-order valence-electron chi connectivity index (χ4n) is 1.34. The molecule has 4 heteroatoms. The van der Waals surface area contributed by atoms with E-state index in [1.807, 2.05) is 0 Å². The monoisotopic (exact) mass is 172 g/mol. The van der Waals surface area contributed by atoms with Gasteiger partial charge in [0.25, 0.3) is 0 Å². The predicted molar refractivity (Wildman–Crippen MR) is 45.6 cm³/mol. The van der Waals surface area contributed by atoms with E-state index in [9.17, 15) is 4.79 Å². The molecule has 70 valence electrons. The van der Waals surface area contributed by atoms with Crippen molar-refractivity contribution in [2.45, 2.75) is 25.0 Å². The number of likely N-dealkylation sites (N-methyl/N-ethyl adjacent to an activating group) is 1. The van der Waals surface area contributed by atoms with Gasteiger partial charge in [0.15, 0.2) is 0 Å². The van der Waals surface area contributed by atoms with Crippen molar-refractivity contribution in [3.8, 4) is 0 Å². The number of nitrogens with two attached hydrogens (primary N) is 1. The van der Waals surface area contributed by atoms with Crippen LogP contribution in [-0.2, 0) is 9.53 Å². The number of hydrogen-bond acceptors (Lipinski definition) is 3. The molecule has 2 unspecified atom stereocenters. The fraction of sp³-hybridized carbons (Fsp3) is 0.875. The summed E-state index contributed by atoms with van der Waals surface area (Å²) in [6.45, 7) is 0.735. The van der Waals surface area contributed by atoms with E-state index in [1.54, 1.807) is 14.1 Å². The summed E-state index contributed by atoms with van der Waals surface area (Å²) in [5.74, 6) is -0.0538. The van der Waals surface area contributed by atoms with Gasteiger partial charge in [0.2, 0.25) is 5.91 Å². The molecule has 0 bridgehead atoms. The summed E-state index contributed by atoms with van der Waals surface area (Å²) in [7, 11) is 3.41. The SMILES string of the molecule is CN(C)C(=O)C(N)C1CCCO1. The van der Waals surface area contributed by atoms with Crippen LogP contribution in [0.5, 0.6) is 0 Å². The van der Waals surface area contributed by atoms with Crippen molar-refractivity contribution >= 4 is 5.91 Å². The average molecular weight is 172 g/mol. The lowest BCUT2D eigenvalue weighted by Crippen LogP contribution is -2.47. The summed E-state index contributed by atoms with van der Waals surface area (Å²) in [6, 6.07) is -0.484. The maximum atomic E-state index is 11.4. The van der Waals surface area contributed by atoms with Crippen LogP contribution < -0.4 is 5.73 Å². The van der Waals surface area contributed by atoms with Crippen molar-refractivity contribution in [2.24, 2.45) is 5.73 Å². The van der Waals surface area contributed by atoms with E-state index in [4.69, 9.17) is 10.5 Å². The summed E-state index contributed by atoms with van der Waals surface area (Å²) in [5, 5.41) is 0. The third-order valence-electron chi connectivity index (χ3n) is 2.09.